The number of amides is 2. The Kier molecular flexibility index (Phi) is 6.46. The molecule has 0 spiro atoms. The first kappa shape index (κ1) is 21.6. The molecule has 0 N–H and O–H groups in total. The van der Waals surface area contributed by atoms with E-state index in [1.807, 2.05) is 46.8 Å². The van der Waals surface area contributed by atoms with Gasteiger partial charge in [-0.05, 0) is 38.0 Å². The SMILES string of the molecule is CCCCC1CN(CC(=O)N2CCC=C[C@H]2C)C(=O)c2cc(-c3ccc(Cl)cc3)nn21. The Morgan fingerprint density at radius 2 is 2.03 bits per heavy atom. The van der Waals surface area contributed by atoms with Crippen molar-refractivity contribution in [2.75, 3.05) is 19.6 Å². The highest BCUT2D eigenvalue weighted by Crippen LogP contribution is 2.30. The average molecular weight is 441 g/mol. The van der Waals surface area contributed by atoms with E-state index in [-0.39, 0.29) is 30.4 Å². The number of carbonyl (C=O) groups is 2. The van der Waals surface area contributed by atoms with Gasteiger partial charge in [0.1, 0.15) is 12.2 Å². The van der Waals surface area contributed by atoms with E-state index in [0.29, 0.717) is 23.8 Å². The molecule has 0 aliphatic carbocycles. The minimum absolute atomic E-state index is 0.00494. The molecule has 4 rings (SSSR count). The van der Waals surface area contributed by atoms with Crippen molar-refractivity contribution in [1.82, 2.24) is 19.6 Å². The molecular weight excluding hydrogens is 412 g/mol. The van der Waals surface area contributed by atoms with Crippen LogP contribution in [0, 0.1) is 0 Å². The summed E-state index contributed by atoms with van der Waals surface area (Å²) in [4.78, 5) is 29.8. The lowest BCUT2D eigenvalue weighted by Crippen LogP contribution is -2.50. The standard InChI is InChI=1S/C24H29ClN4O2/c1-3-4-8-20-15-27(16-23(30)28-13-6-5-7-17(28)2)24(31)22-14-21(26-29(20)22)18-9-11-19(25)12-10-18/h5,7,9-12,14,17,20H,3-4,6,8,13,15-16H2,1-2H3/t17-,20?/m1/s1. The van der Waals surface area contributed by atoms with Crippen LogP contribution >= 0.6 is 11.6 Å². The Balaban J connectivity index is 1.60. The molecular formula is C24H29ClN4O2. The van der Waals surface area contributed by atoms with Gasteiger partial charge in [-0.15, -0.1) is 0 Å². The molecule has 2 aromatic rings. The monoisotopic (exact) mass is 440 g/mol. The largest absolute Gasteiger partial charge is 0.335 e. The van der Waals surface area contributed by atoms with E-state index >= 15 is 0 Å². The van der Waals surface area contributed by atoms with E-state index in [4.69, 9.17) is 16.7 Å². The van der Waals surface area contributed by atoms with Crippen molar-refractivity contribution in [3.63, 3.8) is 0 Å². The van der Waals surface area contributed by atoms with Crippen LogP contribution in [-0.2, 0) is 4.79 Å². The number of unbranched alkanes of at least 4 members (excludes halogenated alkanes) is 1. The van der Waals surface area contributed by atoms with Crippen molar-refractivity contribution in [2.24, 2.45) is 0 Å². The van der Waals surface area contributed by atoms with Crippen LogP contribution in [0.25, 0.3) is 11.3 Å². The Hall–Kier alpha value is -2.60. The van der Waals surface area contributed by atoms with Crippen molar-refractivity contribution in [3.05, 3.63) is 53.2 Å². The second-order valence-corrected chi connectivity index (χ2v) is 8.83. The minimum atomic E-state index is -0.131. The van der Waals surface area contributed by atoms with Crippen LogP contribution in [0.5, 0.6) is 0 Å². The predicted molar refractivity (Wildman–Crippen MR) is 122 cm³/mol. The summed E-state index contributed by atoms with van der Waals surface area (Å²) >= 11 is 6.02. The second-order valence-electron chi connectivity index (χ2n) is 8.39. The lowest BCUT2D eigenvalue weighted by molar-refractivity contribution is -0.133. The summed E-state index contributed by atoms with van der Waals surface area (Å²) in [5.74, 6) is -0.126. The first-order chi connectivity index (χ1) is 15.0. The van der Waals surface area contributed by atoms with Crippen LogP contribution in [0.4, 0.5) is 0 Å². The normalized spacial score (nSPS) is 20.8. The molecule has 0 bridgehead atoms. The fourth-order valence-corrected chi connectivity index (χ4v) is 4.51. The van der Waals surface area contributed by atoms with Gasteiger partial charge in [-0.2, -0.15) is 5.10 Å². The summed E-state index contributed by atoms with van der Waals surface area (Å²) < 4.78 is 1.87. The Morgan fingerprint density at radius 3 is 2.74 bits per heavy atom. The fraction of sp³-hybridized carbons (Fsp3) is 0.458. The van der Waals surface area contributed by atoms with Gasteiger partial charge in [0.15, 0.2) is 0 Å². The maximum absolute atomic E-state index is 13.3. The van der Waals surface area contributed by atoms with Crippen molar-refractivity contribution >= 4 is 23.4 Å². The molecule has 1 aromatic carbocycles. The first-order valence-electron chi connectivity index (χ1n) is 11.1. The summed E-state index contributed by atoms with van der Waals surface area (Å²) in [5, 5.41) is 5.44. The molecule has 1 aromatic heterocycles. The van der Waals surface area contributed by atoms with Crippen molar-refractivity contribution in [3.8, 4) is 11.3 Å². The summed E-state index contributed by atoms with van der Waals surface area (Å²) in [6.07, 6.45) is 8.06. The van der Waals surface area contributed by atoms with Crippen LogP contribution in [0.2, 0.25) is 5.02 Å². The molecule has 6 nitrogen and oxygen atoms in total. The highest BCUT2D eigenvalue weighted by molar-refractivity contribution is 6.30. The number of halogens is 1. The zero-order chi connectivity index (χ0) is 22.0. The number of benzene rings is 1. The molecule has 0 fully saturated rings. The van der Waals surface area contributed by atoms with Crippen LogP contribution in [-0.4, -0.2) is 57.1 Å². The smallest absolute Gasteiger partial charge is 0.272 e. The molecule has 2 aliphatic heterocycles. The third kappa shape index (κ3) is 4.54. The lowest BCUT2D eigenvalue weighted by Gasteiger charge is -2.36. The topological polar surface area (TPSA) is 58.4 Å². The Bertz CT molecular complexity index is 982. The summed E-state index contributed by atoms with van der Waals surface area (Å²) in [7, 11) is 0. The zero-order valence-electron chi connectivity index (χ0n) is 18.1. The Labute approximate surface area is 188 Å². The van der Waals surface area contributed by atoms with Gasteiger partial charge < -0.3 is 9.80 Å². The molecule has 2 aliphatic rings. The number of hydrogen-bond acceptors (Lipinski definition) is 3. The van der Waals surface area contributed by atoms with Gasteiger partial charge in [-0.25, -0.2) is 0 Å². The molecule has 0 saturated carbocycles. The van der Waals surface area contributed by atoms with E-state index in [1.54, 1.807) is 4.90 Å². The van der Waals surface area contributed by atoms with Gasteiger partial charge in [0.25, 0.3) is 5.91 Å². The molecule has 31 heavy (non-hydrogen) atoms. The zero-order valence-corrected chi connectivity index (χ0v) is 18.9. The molecule has 0 saturated heterocycles. The number of nitrogens with zero attached hydrogens (tertiary/aromatic N) is 4. The number of carbonyl (C=O) groups excluding carboxylic acids is 2. The number of rotatable bonds is 6. The highest BCUT2D eigenvalue weighted by Gasteiger charge is 2.35. The molecule has 2 amide bonds. The maximum atomic E-state index is 13.3. The van der Waals surface area contributed by atoms with Crippen molar-refractivity contribution in [2.45, 2.75) is 51.6 Å². The second kappa shape index (κ2) is 9.27. The number of hydrogen-bond donors (Lipinski definition) is 0. The predicted octanol–water partition coefficient (Wildman–Crippen LogP) is 4.57. The van der Waals surface area contributed by atoms with E-state index in [9.17, 15) is 9.59 Å². The minimum Gasteiger partial charge on any atom is -0.335 e. The first-order valence-corrected chi connectivity index (χ1v) is 11.5. The van der Waals surface area contributed by atoms with Crippen LogP contribution < -0.4 is 0 Å². The van der Waals surface area contributed by atoms with Gasteiger partial charge in [0, 0.05) is 29.7 Å². The third-order valence-corrected chi connectivity index (χ3v) is 6.39. The molecule has 1 unspecified atom stereocenters. The van der Waals surface area contributed by atoms with E-state index in [2.05, 4.69) is 19.1 Å². The van der Waals surface area contributed by atoms with Gasteiger partial charge >= 0.3 is 0 Å². The molecule has 164 valence electrons. The van der Waals surface area contributed by atoms with E-state index < -0.39 is 0 Å². The maximum Gasteiger partial charge on any atom is 0.272 e. The quantitative estimate of drug-likeness (QED) is 0.618. The van der Waals surface area contributed by atoms with Gasteiger partial charge in [0.2, 0.25) is 5.91 Å². The van der Waals surface area contributed by atoms with Crippen molar-refractivity contribution < 1.29 is 9.59 Å². The number of aromatic nitrogens is 2. The van der Waals surface area contributed by atoms with Crippen molar-refractivity contribution in [1.29, 1.82) is 0 Å². The van der Waals surface area contributed by atoms with Gasteiger partial charge in [0.05, 0.1) is 11.7 Å². The Morgan fingerprint density at radius 1 is 1.26 bits per heavy atom. The summed E-state index contributed by atoms with van der Waals surface area (Å²) in [6.45, 7) is 5.50. The van der Waals surface area contributed by atoms with Gasteiger partial charge in [-0.3, -0.25) is 14.3 Å². The molecule has 2 atom stereocenters. The fourth-order valence-electron chi connectivity index (χ4n) is 4.38. The number of fused-ring (bicyclic) bond motifs is 1. The highest BCUT2D eigenvalue weighted by atomic mass is 35.5. The van der Waals surface area contributed by atoms with Crippen LogP contribution in [0.15, 0.2) is 42.5 Å². The van der Waals surface area contributed by atoms with E-state index in [0.717, 1.165) is 36.9 Å². The summed E-state index contributed by atoms with van der Waals surface area (Å²) in [6, 6.07) is 9.45. The van der Waals surface area contributed by atoms with E-state index in [1.165, 1.54) is 0 Å². The summed E-state index contributed by atoms with van der Waals surface area (Å²) in [5.41, 5.74) is 2.23. The lowest BCUT2D eigenvalue weighted by atomic mass is 10.1. The molecule has 0 radical (unpaired) electrons. The van der Waals surface area contributed by atoms with Gasteiger partial charge in [-0.1, -0.05) is 55.7 Å². The molecule has 7 heteroatoms. The third-order valence-electron chi connectivity index (χ3n) is 6.14. The average Bonchev–Trinajstić information content (AvgIpc) is 3.21. The van der Waals surface area contributed by atoms with Crippen LogP contribution in [0.1, 0.15) is 56.1 Å². The van der Waals surface area contributed by atoms with Crippen LogP contribution in [0.3, 0.4) is 0 Å². The molecule has 3 heterocycles.